The van der Waals surface area contributed by atoms with Gasteiger partial charge in [-0.15, -0.1) is 10.2 Å². The third kappa shape index (κ3) is 5.96. The Morgan fingerprint density at radius 1 is 1.26 bits per heavy atom. The SMILES string of the molecule is CCCCCc1nnc(NC(=S)NC(=O)c2ccc(Br)cc2)s1. The molecule has 2 rings (SSSR count). The Morgan fingerprint density at radius 2 is 2.00 bits per heavy atom. The van der Waals surface area contributed by atoms with Crippen LogP contribution in [-0.2, 0) is 6.42 Å². The van der Waals surface area contributed by atoms with Gasteiger partial charge in [-0.1, -0.05) is 47.0 Å². The van der Waals surface area contributed by atoms with Crippen molar-refractivity contribution in [3.8, 4) is 0 Å². The highest BCUT2D eigenvalue weighted by molar-refractivity contribution is 9.10. The first-order chi connectivity index (χ1) is 11.1. The molecular weight excluding hydrogens is 396 g/mol. The number of carbonyl (C=O) groups is 1. The van der Waals surface area contributed by atoms with Crippen LogP contribution in [0, 0.1) is 0 Å². The van der Waals surface area contributed by atoms with Crippen molar-refractivity contribution in [2.24, 2.45) is 0 Å². The van der Waals surface area contributed by atoms with E-state index in [2.05, 4.69) is 43.7 Å². The van der Waals surface area contributed by atoms with Gasteiger partial charge in [0.1, 0.15) is 5.01 Å². The van der Waals surface area contributed by atoms with Crippen molar-refractivity contribution in [2.45, 2.75) is 32.6 Å². The molecular formula is C15H17BrN4OS2. The van der Waals surface area contributed by atoms with Gasteiger partial charge < -0.3 is 5.32 Å². The molecule has 5 nitrogen and oxygen atoms in total. The van der Waals surface area contributed by atoms with Gasteiger partial charge in [-0.2, -0.15) is 0 Å². The molecule has 0 atom stereocenters. The smallest absolute Gasteiger partial charge is 0.257 e. The number of anilines is 1. The van der Waals surface area contributed by atoms with Crippen LogP contribution in [0.5, 0.6) is 0 Å². The lowest BCUT2D eigenvalue weighted by Crippen LogP contribution is -2.34. The van der Waals surface area contributed by atoms with Crippen LogP contribution < -0.4 is 10.6 Å². The Bertz CT molecular complexity index is 672. The molecule has 0 aliphatic carbocycles. The van der Waals surface area contributed by atoms with E-state index in [-0.39, 0.29) is 11.0 Å². The van der Waals surface area contributed by atoms with Gasteiger partial charge in [0.25, 0.3) is 5.91 Å². The predicted octanol–water partition coefficient (Wildman–Crippen LogP) is 4.16. The third-order valence-corrected chi connectivity index (χ3v) is 4.65. The lowest BCUT2D eigenvalue weighted by atomic mass is 10.2. The number of aromatic nitrogens is 2. The molecule has 0 aliphatic rings. The van der Waals surface area contributed by atoms with Gasteiger partial charge in [0.05, 0.1) is 0 Å². The molecule has 0 saturated heterocycles. The number of rotatable bonds is 6. The van der Waals surface area contributed by atoms with Crippen LogP contribution in [0.2, 0.25) is 0 Å². The fourth-order valence-electron chi connectivity index (χ4n) is 1.84. The Morgan fingerprint density at radius 3 is 2.70 bits per heavy atom. The maximum Gasteiger partial charge on any atom is 0.257 e. The van der Waals surface area contributed by atoms with Crippen molar-refractivity contribution in [1.29, 1.82) is 0 Å². The fraction of sp³-hybridized carbons (Fsp3) is 0.333. The van der Waals surface area contributed by atoms with Gasteiger partial charge in [-0.05, 0) is 42.9 Å². The van der Waals surface area contributed by atoms with Gasteiger partial charge in [0, 0.05) is 16.5 Å². The molecule has 0 aliphatic heterocycles. The van der Waals surface area contributed by atoms with Crippen molar-refractivity contribution in [2.75, 3.05) is 5.32 Å². The average molecular weight is 413 g/mol. The summed E-state index contributed by atoms with van der Waals surface area (Å²) in [6.07, 6.45) is 4.39. The molecule has 23 heavy (non-hydrogen) atoms. The number of unbranched alkanes of at least 4 members (excludes halogenated alkanes) is 2. The summed E-state index contributed by atoms with van der Waals surface area (Å²) in [7, 11) is 0. The summed E-state index contributed by atoms with van der Waals surface area (Å²) >= 11 is 9.93. The summed E-state index contributed by atoms with van der Waals surface area (Å²) in [6, 6.07) is 7.05. The zero-order chi connectivity index (χ0) is 16.7. The second-order valence-corrected chi connectivity index (χ2v) is 7.26. The summed E-state index contributed by atoms with van der Waals surface area (Å²) in [5.74, 6) is -0.261. The number of carbonyl (C=O) groups excluding carboxylic acids is 1. The first-order valence-corrected chi connectivity index (χ1v) is 9.30. The third-order valence-electron chi connectivity index (χ3n) is 3.01. The highest BCUT2D eigenvalue weighted by atomic mass is 79.9. The van der Waals surface area contributed by atoms with Crippen LogP contribution in [0.25, 0.3) is 0 Å². The molecule has 1 aromatic carbocycles. The van der Waals surface area contributed by atoms with Crippen molar-refractivity contribution in [1.82, 2.24) is 15.5 Å². The molecule has 8 heteroatoms. The molecule has 1 aromatic heterocycles. The minimum atomic E-state index is -0.261. The van der Waals surface area contributed by atoms with E-state index in [4.69, 9.17) is 12.2 Å². The van der Waals surface area contributed by atoms with E-state index in [0.717, 1.165) is 22.3 Å². The largest absolute Gasteiger partial charge is 0.307 e. The topological polar surface area (TPSA) is 66.9 Å². The van der Waals surface area contributed by atoms with Crippen LogP contribution >= 0.6 is 39.5 Å². The number of nitrogens with one attached hydrogen (secondary N) is 2. The van der Waals surface area contributed by atoms with E-state index in [1.165, 1.54) is 24.2 Å². The highest BCUT2D eigenvalue weighted by Gasteiger charge is 2.10. The Labute approximate surface area is 153 Å². The molecule has 1 heterocycles. The molecule has 0 saturated carbocycles. The summed E-state index contributed by atoms with van der Waals surface area (Å²) in [6.45, 7) is 2.17. The first kappa shape index (κ1) is 18.0. The standard InChI is InChI=1S/C15H17BrN4OS2/c1-2-3-4-5-12-19-20-15(23-12)18-14(22)17-13(21)10-6-8-11(16)9-7-10/h6-9H,2-5H2,1H3,(H2,17,18,20,21,22). The van der Waals surface area contributed by atoms with Crippen LogP contribution in [0.3, 0.4) is 0 Å². The van der Waals surface area contributed by atoms with Crippen LogP contribution in [0.1, 0.15) is 41.6 Å². The van der Waals surface area contributed by atoms with E-state index < -0.39 is 0 Å². The van der Waals surface area contributed by atoms with Gasteiger partial charge in [0.15, 0.2) is 5.11 Å². The monoisotopic (exact) mass is 412 g/mol. The number of aryl methyl sites for hydroxylation is 1. The van der Waals surface area contributed by atoms with Crippen molar-refractivity contribution in [3.05, 3.63) is 39.3 Å². The summed E-state index contributed by atoms with van der Waals surface area (Å²) in [5.41, 5.74) is 0.537. The lowest BCUT2D eigenvalue weighted by Gasteiger charge is -2.06. The Balaban J connectivity index is 1.84. The van der Waals surface area contributed by atoms with E-state index in [9.17, 15) is 4.79 Å². The number of halogens is 1. The van der Waals surface area contributed by atoms with Crippen molar-refractivity contribution < 1.29 is 4.79 Å². The summed E-state index contributed by atoms with van der Waals surface area (Å²) in [4.78, 5) is 12.0. The molecule has 1 amide bonds. The van der Waals surface area contributed by atoms with Crippen LogP contribution in [0.15, 0.2) is 28.7 Å². The predicted molar refractivity (Wildman–Crippen MR) is 101 cm³/mol. The molecule has 0 bridgehead atoms. The van der Waals surface area contributed by atoms with Crippen molar-refractivity contribution in [3.63, 3.8) is 0 Å². The number of amides is 1. The zero-order valence-corrected chi connectivity index (χ0v) is 15.9. The maximum atomic E-state index is 12.0. The number of nitrogens with zero attached hydrogens (tertiary/aromatic N) is 2. The fourth-order valence-corrected chi connectivity index (χ4v) is 3.14. The van der Waals surface area contributed by atoms with E-state index in [1.54, 1.807) is 24.3 Å². The highest BCUT2D eigenvalue weighted by Crippen LogP contribution is 2.17. The number of hydrogen-bond donors (Lipinski definition) is 2. The second kappa shape index (κ2) is 9.05. The van der Waals surface area contributed by atoms with Gasteiger partial charge in [0.2, 0.25) is 5.13 Å². The normalized spacial score (nSPS) is 10.3. The van der Waals surface area contributed by atoms with Crippen molar-refractivity contribution >= 4 is 55.6 Å². The number of hydrogen-bond acceptors (Lipinski definition) is 5. The molecule has 0 unspecified atom stereocenters. The molecule has 0 radical (unpaired) electrons. The molecule has 2 N–H and O–H groups in total. The van der Waals surface area contributed by atoms with Gasteiger partial charge in [-0.3, -0.25) is 10.1 Å². The summed E-state index contributed by atoms with van der Waals surface area (Å²) < 4.78 is 0.916. The Hall–Kier alpha value is -1.38. The van der Waals surface area contributed by atoms with Crippen LogP contribution in [-0.4, -0.2) is 21.2 Å². The second-order valence-electron chi connectivity index (χ2n) is 4.87. The minimum absolute atomic E-state index is 0.217. The zero-order valence-electron chi connectivity index (χ0n) is 12.6. The molecule has 122 valence electrons. The van der Waals surface area contributed by atoms with Crippen LogP contribution in [0.4, 0.5) is 5.13 Å². The maximum absolute atomic E-state index is 12.0. The minimum Gasteiger partial charge on any atom is -0.307 e. The van der Waals surface area contributed by atoms with Gasteiger partial charge in [-0.25, -0.2) is 0 Å². The number of thiocarbonyl (C=S) groups is 1. The Kier molecular flexibility index (Phi) is 7.07. The number of benzene rings is 1. The first-order valence-electron chi connectivity index (χ1n) is 7.28. The molecule has 2 aromatic rings. The average Bonchev–Trinajstić information content (AvgIpc) is 2.95. The summed E-state index contributed by atoms with van der Waals surface area (Å²) in [5, 5.41) is 15.5. The van der Waals surface area contributed by atoms with E-state index in [0.29, 0.717) is 10.7 Å². The van der Waals surface area contributed by atoms with E-state index in [1.807, 2.05) is 0 Å². The van der Waals surface area contributed by atoms with Gasteiger partial charge >= 0.3 is 0 Å². The molecule has 0 spiro atoms. The quantitative estimate of drug-likeness (QED) is 0.550. The van der Waals surface area contributed by atoms with E-state index >= 15 is 0 Å². The lowest BCUT2D eigenvalue weighted by molar-refractivity contribution is 0.0977. The molecule has 0 fully saturated rings.